The van der Waals surface area contributed by atoms with Gasteiger partial charge in [0.05, 0.1) is 6.33 Å². The molecule has 0 spiro atoms. The maximum atomic E-state index is 4.17. The lowest BCUT2D eigenvalue weighted by molar-refractivity contribution is 0.623. The van der Waals surface area contributed by atoms with Crippen LogP contribution in [0.5, 0.6) is 0 Å². The molecule has 0 atom stereocenters. The minimum Gasteiger partial charge on any atom is -0.356 e. The molecule has 0 amide bonds. The van der Waals surface area contributed by atoms with E-state index < -0.39 is 0 Å². The van der Waals surface area contributed by atoms with Gasteiger partial charge in [0.15, 0.2) is 5.96 Å². The van der Waals surface area contributed by atoms with Crippen LogP contribution in [0.25, 0.3) is 0 Å². The predicted molar refractivity (Wildman–Crippen MR) is 86.5 cm³/mol. The molecule has 5 nitrogen and oxygen atoms in total. The van der Waals surface area contributed by atoms with Crippen molar-refractivity contribution in [2.75, 3.05) is 20.1 Å². The van der Waals surface area contributed by atoms with Crippen molar-refractivity contribution in [1.82, 2.24) is 20.2 Å². The molecule has 0 unspecified atom stereocenters. The van der Waals surface area contributed by atoms with Crippen molar-refractivity contribution in [2.24, 2.45) is 4.99 Å². The summed E-state index contributed by atoms with van der Waals surface area (Å²) in [6.07, 6.45) is 9.06. The van der Waals surface area contributed by atoms with Gasteiger partial charge in [-0.3, -0.25) is 4.99 Å². The van der Waals surface area contributed by atoms with E-state index in [9.17, 15) is 0 Å². The largest absolute Gasteiger partial charge is 0.356 e. The van der Waals surface area contributed by atoms with Crippen LogP contribution in [0.2, 0.25) is 0 Å². The van der Waals surface area contributed by atoms with E-state index in [1.54, 1.807) is 13.2 Å². The first-order valence-corrected chi connectivity index (χ1v) is 6.27. The molecule has 0 aliphatic carbocycles. The fourth-order valence-electron chi connectivity index (χ4n) is 1.49. The number of guanidine groups is 1. The van der Waals surface area contributed by atoms with Crippen LogP contribution in [-0.4, -0.2) is 35.6 Å². The second kappa shape index (κ2) is 11.3. The summed E-state index contributed by atoms with van der Waals surface area (Å²) in [5.74, 6) is 0.893. The number of hydrogen-bond acceptors (Lipinski definition) is 2. The summed E-state index contributed by atoms with van der Waals surface area (Å²) in [5.41, 5.74) is 0. The van der Waals surface area contributed by atoms with Gasteiger partial charge in [-0.2, -0.15) is 0 Å². The second-order valence-electron chi connectivity index (χ2n) is 3.93. The molecule has 0 aliphatic rings. The lowest BCUT2D eigenvalue weighted by Gasteiger charge is -2.11. The third kappa shape index (κ3) is 7.52. The molecule has 0 saturated carbocycles. The van der Waals surface area contributed by atoms with Crippen LogP contribution in [-0.2, 0) is 6.54 Å². The number of aliphatic imine (C=N–C) groups is 1. The maximum absolute atomic E-state index is 4.17. The molecule has 1 aromatic rings. The maximum Gasteiger partial charge on any atom is 0.190 e. The highest BCUT2D eigenvalue weighted by Gasteiger charge is 1.96. The molecule has 0 aliphatic heterocycles. The molecule has 0 radical (unpaired) electrons. The second-order valence-corrected chi connectivity index (χ2v) is 3.93. The summed E-state index contributed by atoms with van der Waals surface area (Å²) in [7, 11) is 1.80. The van der Waals surface area contributed by atoms with Crippen molar-refractivity contribution in [1.29, 1.82) is 0 Å². The van der Waals surface area contributed by atoms with Crippen LogP contribution in [0.15, 0.2) is 23.7 Å². The molecule has 6 heteroatoms. The zero-order chi connectivity index (χ0) is 12.3. The minimum absolute atomic E-state index is 0. The highest BCUT2D eigenvalue weighted by atomic mass is 127. The van der Waals surface area contributed by atoms with Gasteiger partial charge in [0.25, 0.3) is 0 Å². The van der Waals surface area contributed by atoms with Gasteiger partial charge in [-0.05, 0) is 12.8 Å². The number of aryl methyl sites for hydroxylation is 1. The molecule has 0 aromatic carbocycles. The lowest BCUT2D eigenvalue weighted by atomic mass is 10.3. The molecule has 1 rings (SSSR count). The minimum atomic E-state index is 0. The Hall–Kier alpha value is -0.790. The van der Waals surface area contributed by atoms with Crippen molar-refractivity contribution in [3.05, 3.63) is 18.7 Å². The van der Waals surface area contributed by atoms with Crippen molar-refractivity contribution in [3.8, 4) is 0 Å². The van der Waals surface area contributed by atoms with E-state index in [4.69, 9.17) is 0 Å². The van der Waals surface area contributed by atoms with E-state index in [1.807, 2.05) is 12.5 Å². The third-order valence-corrected chi connectivity index (χ3v) is 2.49. The third-order valence-electron chi connectivity index (χ3n) is 2.49. The molecule has 0 saturated heterocycles. The van der Waals surface area contributed by atoms with Crippen LogP contribution in [0.3, 0.4) is 0 Å². The van der Waals surface area contributed by atoms with Gasteiger partial charge in [-0.15, -0.1) is 24.0 Å². The van der Waals surface area contributed by atoms with E-state index in [0.29, 0.717) is 0 Å². The van der Waals surface area contributed by atoms with Crippen molar-refractivity contribution in [3.63, 3.8) is 0 Å². The van der Waals surface area contributed by atoms with Gasteiger partial charge in [-0.1, -0.05) is 13.3 Å². The highest BCUT2D eigenvalue weighted by molar-refractivity contribution is 14.0. The summed E-state index contributed by atoms with van der Waals surface area (Å²) in [6.45, 7) is 5.07. The number of hydrogen-bond donors (Lipinski definition) is 2. The van der Waals surface area contributed by atoms with Crippen LogP contribution in [0, 0.1) is 0 Å². The lowest BCUT2D eigenvalue weighted by Crippen LogP contribution is -2.38. The summed E-state index contributed by atoms with van der Waals surface area (Å²) >= 11 is 0. The van der Waals surface area contributed by atoms with E-state index in [2.05, 4.69) is 32.1 Å². The molecule has 0 bridgehead atoms. The van der Waals surface area contributed by atoms with Crippen molar-refractivity contribution >= 4 is 29.9 Å². The van der Waals surface area contributed by atoms with Gasteiger partial charge in [-0.25, -0.2) is 4.98 Å². The summed E-state index contributed by atoms with van der Waals surface area (Å²) in [4.78, 5) is 8.18. The summed E-state index contributed by atoms with van der Waals surface area (Å²) in [6, 6.07) is 0. The number of imidazole rings is 1. The Balaban J connectivity index is 0.00000289. The Morgan fingerprint density at radius 3 is 2.56 bits per heavy atom. The molecule has 0 fully saturated rings. The molecule has 2 N–H and O–H groups in total. The molecule has 18 heavy (non-hydrogen) atoms. The normalized spacial score (nSPS) is 10.9. The van der Waals surface area contributed by atoms with Crippen LogP contribution in [0.1, 0.15) is 26.2 Å². The van der Waals surface area contributed by atoms with Gasteiger partial charge < -0.3 is 15.2 Å². The number of unbranched alkanes of at least 4 members (excludes halogenated alkanes) is 1. The topological polar surface area (TPSA) is 54.2 Å². The fraction of sp³-hybridized carbons (Fsp3) is 0.667. The van der Waals surface area contributed by atoms with E-state index in [-0.39, 0.29) is 24.0 Å². The molecular formula is C12H24IN5. The number of rotatable bonds is 7. The quantitative estimate of drug-likeness (QED) is 0.336. The van der Waals surface area contributed by atoms with E-state index in [1.165, 1.54) is 12.8 Å². The SMILES string of the molecule is CCCCNC(=NC)NCCCn1ccnc1.I. The monoisotopic (exact) mass is 365 g/mol. The van der Waals surface area contributed by atoms with Gasteiger partial charge in [0.1, 0.15) is 0 Å². The van der Waals surface area contributed by atoms with E-state index >= 15 is 0 Å². The fourth-order valence-corrected chi connectivity index (χ4v) is 1.49. The van der Waals surface area contributed by atoms with Crippen LogP contribution >= 0.6 is 24.0 Å². The number of nitrogens with zero attached hydrogens (tertiary/aromatic N) is 3. The smallest absolute Gasteiger partial charge is 0.190 e. The summed E-state index contributed by atoms with van der Waals surface area (Å²) in [5, 5.41) is 6.58. The Kier molecular flexibility index (Phi) is 10.8. The zero-order valence-corrected chi connectivity index (χ0v) is 13.6. The predicted octanol–water partition coefficient (Wildman–Crippen LogP) is 1.86. The Morgan fingerprint density at radius 1 is 1.28 bits per heavy atom. The van der Waals surface area contributed by atoms with E-state index in [0.717, 1.165) is 32.0 Å². The van der Waals surface area contributed by atoms with Crippen LogP contribution in [0.4, 0.5) is 0 Å². The van der Waals surface area contributed by atoms with Crippen molar-refractivity contribution < 1.29 is 0 Å². The van der Waals surface area contributed by atoms with Gasteiger partial charge >= 0.3 is 0 Å². The van der Waals surface area contributed by atoms with Crippen LogP contribution < -0.4 is 10.6 Å². The molecule has 1 heterocycles. The standard InChI is InChI=1S/C12H23N5.HI/c1-3-4-6-15-12(13-2)16-7-5-9-17-10-8-14-11-17;/h8,10-11H,3-7,9H2,1-2H3,(H2,13,15,16);1H. The Labute approximate surface area is 126 Å². The first kappa shape index (κ1) is 17.2. The molecule has 104 valence electrons. The number of aromatic nitrogens is 2. The Morgan fingerprint density at radius 2 is 2.00 bits per heavy atom. The Bertz CT molecular complexity index is 310. The first-order chi connectivity index (χ1) is 8.36. The van der Waals surface area contributed by atoms with Gasteiger partial charge in [0.2, 0.25) is 0 Å². The molecule has 1 aromatic heterocycles. The number of nitrogens with one attached hydrogen (secondary N) is 2. The van der Waals surface area contributed by atoms with Gasteiger partial charge in [0, 0.05) is 39.1 Å². The molecular weight excluding hydrogens is 341 g/mol. The van der Waals surface area contributed by atoms with Crippen molar-refractivity contribution in [2.45, 2.75) is 32.7 Å². The number of halogens is 1. The first-order valence-electron chi connectivity index (χ1n) is 6.27. The zero-order valence-electron chi connectivity index (χ0n) is 11.2. The summed E-state index contributed by atoms with van der Waals surface area (Å²) < 4.78 is 2.08. The average molecular weight is 365 g/mol. The highest BCUT2D eigenvalue weighted by Crippen LogP contribution is 1.89. The average Bonchev–Trinajstić information content (AvgIpc) is 2.85.